The first-order chi connectivity index (χ1) is 10.5. The number of halogens is 5. The van der Waals surface area contributed by atoms with Gasteiger partial charge in [0, 0.05) is 0 Å². The first-order valence-corrected chi connectivity index (χ1v) is 6.36. The molecule has 0 fully saturated rings. The second-order valence-electron chi connectivity index (χ2n) is 4.33. The maximum atomic E-state index is 13.5. The number of nitrogens with one attached hydrogen (secondary N) is 1. The van der Waals surface area contributed by atoms with Crippen LogP contribution >= 0.6 is 0 Å². The first kappa shape index (κ1) is 15.9. The van der Waals surface area contributed by atoms with Gasteiger partial charge >= 0.3 is 0 Å². The summed E-state index contributed by atoms with van der Waals surface area (Å²) in [5, 5.41) is 3.75. The largest absolute Gasteiger partial charge is 0.272 e. The molecule has 0 spiro atoms. The van der Waals surface area contributed by atoms with Gasteiger partial charge in [-0.15, -0.1) is 0 Å². The maximum absolute atomic E-state index is 13.5. The van der Waals surface area contributed by atoms with Crippen LogP contribution in [0.15, 0.2) is 35.4 Å². The number of nitrogens with zero attached hydrogens (tertiary/aromatic N) is 1. The topological polar surface area (TPSA) is 24.4 Å². The smallest absolute Gasteiger partial charge is 0.200 e. The van der Waals surface area contributed by atoms with Crippen LogP contribution in [0.3, 0.4) is 0 Å². The van der Waals surface area contributed by atoms with Gasteiger partial charge in [0.15, 0.2) is 23.3 Å². The molecule has 0 aliphatic rings. The summed E-state index contributed by atoms with van der Waals surface area (Å²) in [5.41, 5.74) is 1.82. The zero-order valence-electron chi connectivity index (χ0n) is 11.4. The summed E-state index contributed by atoms with van der Waals surface area (Å²) in [6, 6.07) is 8.66. The van der Waals surface area contributed by atoms with Crippen LogP contribution in [0.25, 0.3) is 0 Å². The van der Waals surface area contributed by atoms with Crippen molar-refractivity contribution in [2.24, 2.45) is 5.10 Å². The third-order valence-electron chi connectivity index (χ3n) is 2.95. The molecule has 0 saturated heterocycles. The van der Waals surface area contributed by atoms with Crippen LogP contribution in [0.5, 0.6) is 0 Å². The zero-order valence-corrected chi connectivity index (χ0v) is 11.4. The second-order valence-corrected chi connectivity index (χ2v) is 4.33. The number of anilines is 1. The Balaban J connectivity index is 2.41. The molecule has 1 N–H and O–H groups in total. The van der Waals surface area contributed by atoms with Crippen molar-refractivity contribution >= 4 is 11.4 Å². The van der Waals surface area contributed by atoms with Crippen molar-refractivity contribution < 1.29 is 22.0 Å². The molecule has 22 heavy (non-hydrogen) atoms. The van der Waals surface area contributed by atoms with E-state index in [1.165, 1.54) is 0 Å². The predicted octanol–water partition coefficient (Wildman–Crippen LogP) is 4.61. The summed E-state index contributed by atoms with van der Waals surface area (Å²) in [6.45, 7) is 1.74. The molecule has 0 amide bonds. The van der Waals surface area contributed by atoms with Crippen LogP contribution in [-0.2, 0) is 0 Å². The van der Waals surface area contributed by atoms with Gasteiger partial charge in [0.25, 0.3) is 0 Å². The zero-order chi connectivity index (χ0) is 16.3. The monoisotopic (exact) mass is 314 g/mol. The van der Waals surface area contributed by atoms with E-state index in [4.69, 9.17) is 0 Å². The van der Waals surface area contributed by atoms with Crippen LogP contribution in [0.1, 0.15) is 18.9 Å². The Hall–Kier alpha value is -2.44. The van der Waals surface area contributed by atoms with Gasteiger partial charge in [0.05, 0.1) is 5.71 Å². The molecule has 116 valence electrons. The summed E-state index contributed by atoms with van der Waals surface area (Å²) in [7, 11) is 0. The van der Waals surface area contributed by atoms with Crippen molar-refractivity contribution in [1.82, 2.24) is 0 Å². The lowest BCUT2D eigenvalue weighted by Gasteiger charge is -2.09. The number of hydrogen-bond acceptors (Lipinski definition) is 2. The Kier molecular flexibility index (Phi) is 4.75. The fourth-order valence-corrected chi connectivity index (χ4v) is 1.80. The SMILES string of the molecule is CC/C(=N/Nc1c(F)c(F)c(F)c(F)c1F)c1ccccc1. The number of hydrogen-bond donors (Lipinski definition) is 1. The summed E-state index contributed by atoms with van der Waals surface area (Å²) in [4.78, 5) is 0. The van der Waals surface area contributed by atoms with Gasteiger partial charge in [0.1, 0.15) is 5.69 Å². The number of benzene rings is 2. The highest BCUT2D eigenvalue weighted by Crippen LogP contribution is 2.27. The van der Waals surface area contributed by atoms with Gasteiger partial charge in [-0.25, -0.2) is 22.0 Å². The summed E-state index contributed by atoms with van der Waals surface area (Å²) in [5.74, 6) is -10.2. The minimum absolute atomic E-state index is 0.395. The molecule has 0 atom stereocenters. The number of rotatable bonds is 4. The minimum atomic E-state index is -2.21. The van der Waals surface area contributed by atoms with Crippen LogP contribution in [0.2, 0.25) is 0 Å². The Bertz CT molecular complexity index is 685. The molecule has 7 heteroatoms. The standard InChI is InChI=1S/C15H11F5N2/c1-2-9(8-6-4-3-5-7-8)21-22-15-13(19)11(17)10(16)12(18)14(15)20/h3-7,22H,2H2,1H3/b21-9-. The van der Waals surface area contributed by atoms with Gasteiger partial charge < -0.3 is 0 Å². The van der Waals surface area contributed by atoms with Crippen molar-refractivity contribution in [2.75, 3.05) is 5.43 Å². The van der Waals surface area contributed by atoms with E-state index in [1.54, 1.807) is 37.3 Å². The lowest BCUT2D eigenvalue weighted by molar-refractivity contribution is 0.381. The molecule has 0 aromatic heterocycles. The van der Waals surface area contributed by atoms with E-state index in [1.807, 2.05) is 5.43 Å². The molecule has 0 aliphatic heterocycles. The van der Waals surface area contributed by atoms with E-state index in [-0.39, 0.29) is 0 Å². The van der Waals surface area contributed by atoms with Gasteiger partial charge in [0.2, 0.25) is 5.82 Å². The maximum Gasteiger partial charge on any atom is 0.200 e. The Morgan fingerprint density at radius 1 is 0.864 bits per heavy atom. The highest BCUT2D eigenvalue weighted by molar-refractivity contribution is 6.00. The molecular weight excluding hydrogens is 303 g/mol. The number of hydrazone groups is 1. The van der Waals surface area contributed by atoms with E-state index in [0.717, 1.165) is 0 Å². The normalized spacial score (nSPS) is 11.6. The fourth-order valence-electron chi connectivity index (χ4n) is 1.80. The Morgan fingerprint density at radius 3 is 1.86 bits per heavy atom. The highest BCUT2D eigenvalue weighted by atomic mass is 19.2. The van der Waals surface area contributed by atoms with Crippen LogP contribution in [0, 0.1) is 29.1 Å². The van der Waals surface area contributed by atoms with Crippen LogP contribution in [-0.4, -0.2) is 5.71 Å². The van der Waals surface area contributed by atoms with Gasteiger partial charge in [-0.1, -0.05) is 37.3 Å². The van der Waals surface area contributed by atoms with Crippen LogP contribution < -0.4 is 5.43 Å². The second kappa shape index (κ2) is 6.55. The molecule has 0 heterocycles. The van der Waals surface area contributed by atoms with Crippen molar-refractivity contribution in [3.05, 3.63) is 65.0 Å². The Labute approximate surface area is 123 Å². The minimum Gasteiger partial charge on any atom is -0.272 e. The van der Waals surface area contributed by atoms with Crippen molar-refractivity contribution in [3.8, 4) is 0 Å². The lowest BCUT2D eigenvalue weighted by atomic mass is 10.1. The van der Waals surface area contributed by atoms with E-state index in [0.29, 0.717) is 17.7 Å². The van der Waals surface area contributed by atoms with E-state index >= 15 is 0 Å². The summed E-state index contributed by atoms with van der Waals surface area (Å²) in [6.07, 6.45) is 0.395. The summed E-state index contributed by atoms with van der Waals surface area (Å²) < 4.78 is 66.1. The molecule has 0 aliphatic carbocycles. The fraction of sp³-hybridized carbons (Fsp3) is 0.133. The lowest BCUT2D eigenvalue weighted by Crippen LogP contribution is -2.09. The average molecular weight is 314 g/mol. The van der Waals surface area contributed by atoms with E-state index in [9.17, 15) is 22.0 Å². The molecule has 2 rings (SSSR count). The molecule has 2 nitrogen and oxygen atoms in total. The molecule has 2 aromatic rings. The Morgan fingerprint density at radius 2 is 1.36 bits per heavy atom. The molecule has 0 saturated carbocycles. The van der Waals surface area contributed by atoms with Crippen molar-refractivity contribution in [2.45, 2.75) is 13.3 Å². The molecule has 0 bridgehead atoms. The quantitative estimate of drug-likeness (QED) is 0.288. The molecule has 0 unspecified atom stereocenters. The molecule has 2 aromatic carbocycles. The third kappa shape index (κ3) is 2.93. The van der Waals surface area contributed by atoms with Crippen molar-refractivity contribution in [3.63, 3.8) is 0 Å². The highest BCUT2D eigenvalue weighted by Gasteiger charge is 2.25. The third-order valence-corrected chi connectivity index (χ3v) is 2.95. The van der Waals surface area contributed by atoms with Gasteiger partial charge in [-0.3, -0.25) is 5.43 Å². The van der Waals surface area contributed by atoms with Gasteiger partial charge in [-0.2, -0.15) is 5.10 Å². The molecular formula is C15H11F5N2. The average Bonchev–Trinajstić information content (AvgIpc) is 2.55. The van der Waals surface area contributed by atoms with Crippen LogP contribution in [0.4, 0.5) is 27.6 Å². The van der Waals surface area contributed by atoms with Gasteiger partial charge in [-0.05, 0) is 12.0 Å². The van der Waals surface area contributed by atoms with E-state index < -0.39 is 34.8 Å². The van der Waals surface area contributed by atoms with E-state index in [2.05, 4.69) is 5.10 Å². The molecule has 0 radical (unpaired) electrons. The summed E-state index contributed by atoms with van der Waals surface area (Å²) >= 11 is 0. The predicted molar refractivity (Wildman–Crippen MR) is 73.1 cm³/mol. The van der Waals surface area contributed by atoms with Crippen molar-refractivity contribution in [1.29, 1.82) is 0 Å². The first-order valence-electron chi connectivity index (χ1n) is 6.36.